The van der Waals surface area contributed by atoms with Crippen LogP contribution in [0.4, 0.5) is 5.69 Å². The number of aromatic nitrogens is 1. The molecule has 0 bridgehead atoms. The van der Waals surface area contributed by atoms with Crippen molar-refractivity contribution in [1.82, 2.24) is 10.3 Å². The number of pyridine rings is 1. The van der Waals surface area contributed by atoms with Gasteiger partial charge in [-0.05, 0) is 26.0 Å². The number of nitrogens with zero attached hydrogens (tertiary/aromatic N) is 2. The lowest BCUT2D eigenvalue weighted by Gasteiger charge is -2.13. The molecular formula is C10H14N4O2. The van der Waals surface area contributed by atoms with Gasteiger partial charge in [0.05, 0.1) is 16.8 Å². The number of rotatable bonds is 5. The largest absolute Gasteiger partial charge is 0.364 e. The molecule has 0 aliphatic rings. The summed E-state index contributed by atoms with van der Waals surface area (Å²) < 4.78 is 0. The van der Waals surface area contributed by atoms with Crippen LogP contribution < -0.4 is 10.6 Å². The summed E-state index contributed by atoms with van der Waals surface area (Å²) in [5.41, 5.74) is 0.698. The van der Waals surface area contributed by atoms with E-state index in [1.54, 1.807) is 24.5 Å². The molecule has 1 heterocycles. The highest BCUT2D eigenvalue weighted by molar-refractivity contribution is 5.44. The number of hydrogen-bond acceptors (Lipinski definition) is 5. The van der Waals surface area contributed by atoms with Gasteiger partial charge in [-0.3, -0.25) is 15.1 Å². The Morgan fingerprint density at radius 1 is 1.62 bits per heavy atom. The second-order valence-electron chi connectivity index (χ2n) is 3.49. The van der Waals surface area contributed by atoms with Crippen LogP contribution in [-0.4, -0.2) is 15.9 Å². The molecule has 0 aliphatic carbocycles. The number of anilines is 1. The third-order valence-corrected chi connectivity index (χ3v) is 1.62. The van der Waals surface area contributed by atoms with Crippen LogP contribution in [0, 0.1) is 10.1 Å². The first kappa shape index (κ1) is 12.0. The van der Waals surface area contributed by atoms with E-state index in [9.17, 15) is 10.1 Å². The summed E-state index contributed by atoms with van der Waals surface area (Å²) in [6, 6.07) is 3.64. The number of nitro groups is 1. The van der Waals surface area contributed by atoms with Gasteiger partial charge in [0, 0.05) is 12.2 Å². The molecule has 1 rings (SSSR count). The van der Waals surface area contributed by atoms with E-state index in [1.807, 2.05) is 13.8 Å². The van der Waals surface area contributed by atoms with Crippen LogP contribution in [0.15, 0.2) is 36.5 Å². The molecule has 86 valence electrons. The molecule has 0 aliphatic heterocycles. The fraction of sp³-hybridized carbons (Fsp3) is 0.300. The standard InChI is InChI=1S/C10H14N4O2/c1-8(2)12-10(7-14(15)16)13-9-4-3-5-11-6-9/h3-8,12-13H,1-2H3/b10-7+. The molecular weight excluding hydrogens is 208 g/mol. The Labute approximate surface area is 93.5 Å². The van der Waals surface area contributed by atoms with Crippen molar-refractivity contribution in [3.8, 4) is 0 Å². The topological polar surface area (TPSA) is 80.1 Å². The zero-order valence-corrected chi connectivity index (χ0v) is 9.18. The minimum atomic E-state index is -0.506. The minimum Gasteiger partial charge on any atom is -0.364 e. The quantitative estimate of drug-likeness (QED) is 0.583. The van der Waals surface area contributed by atoms with Crippen LogP contribution in [-0.2, 0) is 0 Å². The lowest BCUT2D eigenvalue weighted by molar-refractivity contribution is -0.403. The zero-order chi connectivity index (χ0) is 12.0. The van der Waals surface area contributed by atoms with E-state index < -0.39 is 4.92 Å². The number of hydrogen-bond donors (Lipinski definition) is 2. The normalized spacial score (nSPS) is 11.3. The van der Waals surface area contributed by atoms with Crippen LogP contribution in [0.2, 0.25) is 0 Å². The number of nitrogens with one attached hydrogen (secondary N) is 2. The van der Waals surface area contributed by atoms with Crippen molar-refractivity contribution < 1.29 is 4.92 Å². The van der Waals surface area contributed by atoms with Crippen LogP contribution in [0.5, 0.6) is 0 Å². The summed E-state index contributed by atoms with van der Waals surface area (Å²) in [4.78, 5) is 13.8. The Morgan fingerprint density at radius 2 is 2.38 bits per heavy atom. The van der Waals surface area contributed by atoms with Gasteiger partial charge >= 0.3 is 0 Å². The van der Waals surface area contributed by atoms with Crippen molar-refractivity contribution >= 4 is 5.69 Å². The second-order valence-corrected chi connectivity index (χ2v) is 3.49. The molecule has 0 aromatic carbocycles. The summed E-state index contributed by atoms with van der Waals surface area (Å²) in [6.45, 7) is 3.80. The van der Waals surface area contributed by atoms with Crippen molar-refractivity contribution in [2.45, 2.75) is 19.9 Å². The summed E-state index contributed by atoms with van der Waals surface area (Å²) in [6.07, 6.45) is 4.13. The molecule has 6 nitrogen and oxygen atoms in total. The first-order valence-corrected chi connectivity index (χ1v) is 4.87. The van der Waals surface area contributed by atoms with Crippen molar-refractivity contribution in [2.75, 3.05) is 5.32 Å². The highest BCUT2D eigenvalue weighted by Gasteiger charge is 2.04. The van der Waals surface area contributed by atoms with E-state index in [4.69, 9.17) is 0 Å². The molecule has 0 fully saturated rings. The van der Waals surface area contributed by atoms with Crippen molar-refractivity contribution in [3.05, 3.63) is 46.7 Å². The maximum Gasteiger partial charge on any atom is 0.274 e. The molecule has 0 saturated heterocycles. The fourth-order valence-electron chi connectivity index (χ4n) is 1.11. The Bertz CT molecular complexity index is 376. The van der Waals surface area contributed by atoms with E-state index >= 15 is 0 Å². The van der Waals surface area contributed by atoms with E-state index in [1.165, 1.54) is 0 Å². The Morgan fingerprint density at radius 3 is 2.88 bits per heavy atom. The predicted octanol–water partition coefficient (Wildman–Crippen LogP) is 1.57. The Kier molecular flexibility index (Phi) is 4.26. The van der Waals surface area contributed by atoms with Gasteiger partial charge in [0.2, 0.25) is 0 Å². The zero-order valence-electron chi connectivity index (χ0n) is 9.18. The summed E-state index contributed by atoms with van der Waals surface area (Å²) in [7, 11) is 0. The fourth-order valence-corrected chi connectivity index (χ4v) is 1.11. The van der Waals surface area contributed by atoms with E-state index in [0.29, 0.717) is 11.5 Å². The molecule has 0 unspecified atom stereocenters. The van der Waals surface area contributed by atoms with Gasteiger partial charge in [-0.25, -0.2) is 0 Å². The van der Waals surface area contributed by atoms with Gasteiger partial charge in [-0.1, -0.05) is 0 Å². The van der Waals surface area contributed by atoms with E-state index in [-0.39, 0.29) is 6.04 Å². The molecule has 0 amide bonds. The average molecular weight is 222 g/mol. The molecule has 0 atom stereocenters. The van der Waals surface area contributed by atoms with Crippen LogP contribution in [0.25, 0.3) is 0 Å². The monoisotopic (exact) mass is 222 g/mol. The molecule has 0 spiro atoms. The van der Waals surface area contributed by atoms with Crippen molar-refractivity contribution in [1.29, 1.82) is 0 Å². The van der Waals surface area contributed by atoms with Crippen LogP contribution in [0.1, 0.15) is 13.8 Å². The molecule has 0 saturated carbocycles. The Balaban J connectivity index is 2.75. The lowest BCUT2D eigenvalue weighted by atomic mass is 10.4. The second kappa shape index (κ2) is 5.69. The van der Waals surface area contributed by atoms with Gasteiger partial charge in [-0.15, -0.1) is 0 Å². The predicted molar refractivity (Wildman–Crippen MR) is 61.2 cm³/mol. The van der Waals surface area contributed by atoms with E-state index in [2.05, 4.69) is 15.6 Å². The van der Waals surface area contributed by atoms with Crippen LogP contribution in [0.3, 0.4) is 0 Å². The molecule has 16 heavy (non-hydrogen) atoms. The maximum absolute atomic E-state index is 10.4. The average Bonchev–Trinajstić information content (AvgIpc) is 2.16. The molecule has 6 heteroatoms. The van der Waals surface area contributed by atoms with Gasteiger partial charge < -0.3 is 10.6 Å². The van der Waals surface area contributed by atoms with Crippen LogP contribution >= 0.6 is 0 Å². The first-order valence-electron chi connectivity index (χ1n) is 4.87. The van der Waals surface area contributed by atoms with Gasteiger partial charge in [0.1, 0.15) is 0 Å². The summed E-state index contributed by atoms with van der Waals surface area (Å²) in [5.74, 6) is 0.341. The third-order valence-electron chi connectivity index (χ3n) is 1.62. The minimum absolute atomic E-state index is 0.107. The summed E-state index contributed by atoms with van der Waals surface area (Å²) in [5, 5.41) is 16.2. The molecule has 1 aromatic rings. The molecule has 0 radical (unpaired) electrons. The Hall–Kier alpha value is -2.11. The van der Waals surface area contributed by atoms with Crippen molar-refractivity contribution in [3.63, 3.8) is 0 Å². The molecule has 2 N–H and O–H groups in total. The summed E-state index contributed by atoms with van der Waals surface area (Å²) >= 11 is 0. The smallest absolute Gasteiger partial charge is 0.274 e. The highest BCUT2D eigenvalue weighted by atomic mass is 16.6. The SMILES string of the molecule is CC(C)N/C(=C\[N+](=O)[O-])Nc1cccnc1. The van der Waals surface area contributed by atoms with Gasteiger partial charge in [0.25, 0.3) is 6.20 Å². The maximum atomic E-state index is 10.4. The van der Waals surface area contributed by atoms with Gasteiger partial charge in [-0.2, -0.15) is 0 Å². The van der Waals surface area contributed by atoms with E-state index in [0.717, 1.165) is 6.20 Å². The third kappa shape index (κ3) is 4.41. The molecule has 1 aromatic heterocycles. The lowest BCUT2D eigenvalue weighted by Crippen LogP contribution is -2.27. The highest BCUT2D eigenvalue weighted by Crippen LogP contribution is 2.06. The van der Waals surface area contributed by atoms with Crippen molar-refractivity contribution in [2.24, 2.45) is 0 Å². The first-order chi connectivity index (χ1) is 7.58. The van der Waals surface area contributed by atoms with Gasteiger partial charge in [0.15, 0.2) is 5.82 Å².